The van der Waals surface area contributed by atoms with Crippen molar-refractivity contribution in [2.45, 2.75) is 13.8 Å². The van der Waals surface area contributed by atoms with E-state index in [0.29, 0.717) is 12.2 Å². The van der Waals surface area contributed by atoms with Crippen LogP contribution in [0.1, 0.15) is 13.8 Å². The van der Waals surface area contributed by atoms with Gasteiger partial charge in [-0.3, -0.25) is 10.1 Å². The first kappa shape index (κ1) is 12.4. The van der Waals surface area contributed by atoms with Gasteiger partial charge >= 0.3 is 0 Å². The van der Waals surface area contributed by atoms with E-state index in [9.17, 15) is 10.1 Å². The van der Waals surface area contributed by atoms with Crippen LogP contribution in [0.3, 0.4) is 0 Å². The van der Waals surface area contributed by atoms with Crippen LogP contribution < -0.4 is 5.32 Å². The lowest BCUT2D eigenvalue weighted by molar-refractivity contribution is -0.384. The van der Waals surface area contributed by atoms with E-state index in [1.54, 1.807) is 18.2 Å². The van der Waals surface area contributed by atoms with Crippen LogP contribution in [0, 0.1) is 15.5 Å². The van der Waals surface area contributed by atoms with Gasteiger partial charge in [0.05, 0.1) is 4.92 Å². The van der Waals surface area contributed by atoms with Crippen molar-refractivity contribution in [3.8, 4) is 0 Å². The predicted molar refractivity (Wildman–Crippen MR) is 62.5 cm³/mol. The Labute approximate surface area is 94.3 Å². The van der Waals surface area contributed by atoms with E-state index in [-0.39, 0.29) is 17.7 Å². The molecule has 0 spiro atoms. The van der Waals surface area contributed by atoms with Crippen LogP contribution in [0.4, 0.5) is 11.4 Å². The molecule has 0 aliphatic carbocycles. The second-order valence-electron chi connectivity index (χ2n) is 4.45. The summed E-state index contributed by atoms with van der Waals surface area (Å²) in [4.78, 5) is 10.3. The zero-order valence-electron chi connectivity index (χ0n) is 9.43. The van der Waals surface area contributed by atoms with E-state index in [0.717, 1.165) is 0 Å². The van der Waals surface area contributed by atoms with Crippen molar-refractivity contribution in [1.82, 2.24) is 0 Å². The summed E-state index contributed by atoms with van der Waals surface area (Å²) >= 11 is 0. The average Bonchev–Trinajstić information content (AvgIpc) is 2.27. The highest BCUT2D eigenvalue weighted by Gasteiger charge is 2.18. The second kappa shape index (κ2) is 4.94. The minimum atomic E-state index is -0.422. The molecule has 0 unspecified atom stereocenters. The summed E-state index contributed by atoms with van der Waals surface area (Å²) in [5.41, 5.74) is 0.231. The minimum absolute atomic E-state index is 0.0284. The fourth-order valence-electron chi connectivity index (χ4n) is 1.17. The van der Waals surface area contributed by atoms with E-state index in [1.165, 1.54) is 6.07 Å². The Morgan fingerprint density at radius 1 is 1.44 bits per heavy atom. The number of hydrogen-bond acceptors (Lipinski definition) is 4. The predicted octanol–water partition coefficient (Wildman–Crippen LogP) is 2.03. The van der Waals surface area contributed by atoms with E-state index in [4.69, 9.17) is 5.11 Å². The van der Waals surface area contributed by atoms with Gasteiger partial charge < -0.3 is 10.4 Å². The first-order chi connectivity index (χ1) is 7.46. The summed E-state index contributed by atoms with van der Waals surface area (Å²) in [7, 11) is 0. The molecular formula is C11H16N2O3. The molecule has 0 atom stereocenters. The molecule has 0 bridgehead atoms. The molecule has 1 aromatic rings. The largest absolute Gasteiger partial charge is 0.396 e. The van der Waals surface area contributed by atoms with Crippen LogP contribution in [0.15, 0.2) is 24.3 Å². The second-order valence-corrected chi connectivity index (χ2v) is 4.45. The standard InChI is InChI=1S/C11H16N2O3/c1-11(2,8-14)7-12-9-5-3-4-6-10(9)13(15)16/h3-6,12,14H,7-8H2,1-2H3. The summed E-state index contributed by atoms with van der Waals surface area (Å²) in [6.07, 6.45) is 0. The average molecular weight is 224 g/mol. The topological polar surface area (TPSA) is 75.4 Å². The number of anilines is 1. The van der Waals surface area contributed by atoms with Crippen LogP contribution in [0.2, 0.25) is 0 Å². The van der Waals surface area contributed by atoms with E-state index >= 15 is 0 Å². The van der Waals surface area contributed by atoms with Gasteiger partial charge in [-0.05, 0) is 6.07 Å². The lowest BCUT2D eigenvalue weighted by Crippen LogP contribution is -2.27. The maximum atomic E-state index is 10.7. The molecule has 1 rings (SSSR count). The maximum Gasteiger partial charge on any atom is 0.292 e. The molecule has 0 saturated heterocycles. The van der Waals surface area contributed by atoms with Gasteiger partial charge in [-0.25, -0.2) is 0 Å². The molecule has 88 valence electrons. The Morgan fingerprint density at radius 2 is 2.06 bits per heavy atom. The number of rotatable bonds is 5. The first-order valence-corrected chi connectivity index (χ1v) is 5.04. The molecule has 0 saturated carbocycles. The zero-order valence-corrected chi connectivity index (χ0v) is 9.43. The number of nitrogens with zero attached hydrogens (tertiary/aromatic N) is 1. The first-order valence-electron chi connectivity index (χ1n) is 5.04. The molecule has 0 aliphatic rings. The number of nitro groups is 1. The third-order valence-electron chi connectivity index (χ3n) is 2.29. The van der Waals surface area contributed by atoms with Gasteiger partial charge in [0.1, 0.15) is 5.69 Å². The quantitative estimate of drug-likeness (QED) is 0.592. The number of benzene rings is 1. The Bertz CT molecular complexity index is 377. The summed E-state index contributed by atoms with van der Waals surface area (Å²) in [6, 6.07) is 6.47. The Hall–Kier alpha value is -1.62. The third-order valence-corrected chi connectivity index (χ3v) is 2.29. The third kappa shape index (κ3) is 3.20. The maximum absolute atomic E-state index is 10.7. The van der Waals surface area contributed by atoms with Gasteiger partial charge in [0.25, 0.3) is 5.69 Å². The van der Waals surface area contributed by atoms with Gasteiger partial charge in [-0.2, -0.15) is 0 Å². The van der Waals surface area contributed by atoms with Crippen LogP contribution >= 0.6 is 0 Å². The minimum Gasteiger partial charge on any atom is -0.396 e. The SMILES string of the molecule is CC(C)(CO)CNc1ccccc1[N+](=O)[O-]. The molecule has 5 nitrogen and oxygen atoms in total. The Kier molecular flexibility index (Phi) is 3.84. The molecule has 0 fully saturated rings. The summed E-state index contributed by atoms with van der Waals surface area (Å²) in [5.74, 6) is 0. The molecule has 0 radical (unpaired) electrons. The van der Waals surface area contributed by atoms with Crippen molar-refractivity contribution in [2.75, 3.05) is 18.5 Å². The van der Waals surface area contributed by atoms with Crippen LogP contribution in [-0.4, -0.2) is 23.2 Å². The fourth-order valence-corrected chi connectivity index (χ4v) is 1.17. The zero-order chi connectivity index (χ0) is 12.2. The molecule has 0 aromatic heterocycles. The number of aliphatic hydroxyl groups excluding tert-OH is 1. The Balaban J connectivity index is 2.78. The Morgan fingerprint density at radius 3 is 2.62 bits per heavy atom. The number of para-hydroxylation sites is 2. The van der Waals surface area contributed by atoms with Gasteiger partial charge in [0, 0.05) is 24.6 Å². The van der Waals surface area contributed by atoms with Crippen molar-refractivity contribution in [2.24, 2.45) is 5.41 Å². The highest BCUT2D eigenvalue weighted by molar-refractivity contribution is 5.61. The van der Waals surface area contributed by atoms with Crippen LogP contribution in [0.25, 0.3) is 0 Å². The van der Waals surface area contributed by atoms with Crippen molar-refractivity contribution in [1.29, 1.82) is 0 Å². The number of nitrogens with one attached hydrogen (secondary N) is 1. The van der Waals surface area contributed by atoms with Gasteiger partial charge in [0.2, 0.25) is 0 Å². The van der Waals surface area contributed by atoms with E-state index in [2.05, 4.69) is 5.32 Å². The molecule has 0 heterocycles. The smallest absolute Gasteiger partial charge is 0.292 e. The lowest BCUT2D eigenvalue weighted by Gasteiger charge is -2.22. The fraction of sp³-hybridized carbons (Fsp3) is 0.455. The molecule has 1 aromatic carbocycles. The number of hydrogen-bond donors (Lipinski definition) is 2. The van der Waals surface area contributed by atoms with Crippen molar-refractivity contribution in [3.05, 3.63) is 34.4 Å². The lowest BCUT2D eigenvalue weighted by atomic mass is 9.95. The normalized spacial score (nSPS) is 11.2. The molecular weight excluding hydrogens is 208 g/mol. The number of aliphatic hydroxyl groups is 1. The molecule has 16 heavy (non-hydrogen) atoms. The van der Waals surface area contributed by atoms with Gasteiger partial charge in [-0.15, -0.1) is 0 Å². The van der Waals surface area contributed by atoms with Gasteiger partial charge in [-0.1, -0.05) is 26.0 Å². The molecule has 5 heteroatoms. The summed E-state index contributed by atoms with van der Waals surface area (Å²) < 4.78 is 0. The molecule has 2 N–H and O–H groups in total. The molecule has 0 aliphatic heterocycles. The molecule has 0 amide bonds. The van der Waals surface area contributed by atoms with Gasteiger partial charge in [0.15, 0.2) is 0 Å². The van der Waals surface area contributed by atoms with Crippen molar-refractivity contribution in [3.63, 3.8) is 0 Å². The summed E-state index contributed by atoms with van der Waals surface area (Å²) in [6.45, 7) is 4.28. The van der Waals surface area contributed by atoms with Crippen molar-refractivity contribution < 1.29 is 10.0 Å². The highest BCUT2D eigenvalue weighted by Crippen LogP contribution is 2.24. The monoisotopic (exact) mass is 224 g/mol. The van der Waals surface area contributed by atoms with Crippen LogP contribution in [0.5, 0.6) is 0 Å². The number of nitro benzene ring substituents is 1. The van der Waals surface area contributed by atoms with E-state index < -0.39 is 4.92 Å². The summed E-state index contributed by atoms with van der Waals surface area (Å²) in [5, 5.41) is 22.8. The van der Waals surface area contributed by atoms with E-state index in [1.807, 2.05) is 13.8 Å². The van der Waals surface area contributed by atoms with Crippen molar-refractivity contribution >= 4 is 11.4 Å². The van der Waals surface area contributed by atoms with Crippen LogP contribution in [-0.2, 0) is 0 Å². The highest BCUT2D eigenvalue weighted by atomic mass is 16.6.